The van der Waals surface area contributed by atoms with Gasteiger partial charge in [-0.05, 0) is 36.2 Å². The van der Waals surface area contributed by atoms with E-state index in [1.807, 2.05) is 0 Å². The molecule has 0 saturated carbocycles. The van der Waals surface area contributed by atoms with Gasteiger partial charge in [0.25, 0.3) is 0 Å². The van der Waals surface area contributed by atoms with Crippen LogP contribution in [0.5, 0.6) is 0 Å². The maximum atomic E-state index is 13.5. The number of rotatable bonds is 5. The maximum Gasteiger partial charge on any atom is 0.417 e. The van der Waals surface area contributed by atoms with Crippen LogP contribution in [0.25, 0.3) is 11.1 Å². The summed E-state index contributed by atoms with van der Waals surface area (Å²) in [4.78, 5) is 13.5. The van der Waals surface area contributed by atoms with Crippen LogP contribution in [0.4, 0.5) is 10.1 Å². The van der Waals surface area contributed by atoms with Gasteiger partial charge in [-0.25, -0.2) is 17.6 Å². The van der Waals surface area contributed by atoms with E-state index >= 15 is 0 Å². The number of halogens is 1. The molecule has 0 aliphatic heterocycles. The van der Waals surface area contributed by atoms with Gasteiger partial charge in [0.2, 0.25) is 10.0 Å². The molecule has 1 aromatic heterocycles. The van der Waals surface area contributed by atoms with Crippen molar-refractivity contribution >= 4 is 26.8 Å². The van der Waals surface area contributed by atoms with Crippen LogP contribution in [-0.2, 0) is 16.4 Å². The van der Waals surface area contributed by atoms with Gasteiger partial charge < -0.3 is 4.42 Å². The van der Waals surface area contributed by atoms with Gasteiger partial charge in [0.15, 0.2) is 5.58 Å². The first-order valence-corrected chi connectivity index (χ1v) is 8.45. The van der Waals surface area contributed by atoms with Gasteiger partial charge >= 0.3 is 5.76 Å². The van der Waals surface area contributed by atoms with E-state index in [0.29, 0.717) is 22.4 Å². The first-order chi connectivity index (χ1) is 10.9. The third kappa shape index (κ3) is 3.59. The Morgan fingerprint density at radius 3 is 2.74 bits per heavy atom. The van der Waals surface area contributed by atoms with Gasteiger partial charge in [-0.15, -0.1) is 0 Å². The average molecular weight is 336 g/mol. The lowest BCUT2D eigenvalue weighted by Crippen LogP contribution is -2.18. The maximum absolute atomic E-state index is 13.5. The third-order valence-corrected chi connectivity index (χ3v) is 4.58. The standard InChI is InChI=1S/C15H13FN2O4S/c16-12-4-2-1-3-10(12)7-8-23(20,21)18-11-5-6-14-13(9-11)17-15(19)22-14/h1-6,9,18H,7-8H2,(H,17,19). The Morgan fingerprint density at radius 2 is 1.96 bits per heavy atom. The van der Waals surface area contributed by atoms with Crippen molar-refractivity contribution < 1.29 is 17.2 Å². The van der Waals surface area contributed by atoms with Gasteiger partial charge in [-0.2, -0.15) is 0 Å². The molecule has 23 heavy (non-hydrogen) atoms. The van der Waals surface area contributed by atoms with E-state index in [9.17, 15) is 17.6 Å². The number of hydrogen-bond donors (Lipinski definition) is 2. The monoisotopic (exact) mass is 336 g/mol. The Kier molecular flexibility index (Phi) is 3.91. The smallest absolute Gasteiger partial charge is 0.408 e. The molecule has 0 amide bonds. The first-order valence-electron chi connectivity index (χ1n) is 6.80. The van der Waals surface area contributed by atoms with Crippen molar-refractivity contribution in [1.82, 2.24) is 4.98 Å². The summed E-state index contributed by atoms with van der Waals surface area (Å²) < 4.78 is 44.9. The first kappa shape index (κ1) is 15.3. The number of anilines is 1. The molecule has 0 fully saturated rings. The molecule has 0 atom stereocenters. The number of aromatic amines is 1. The molecule has 0 spiro atoms. The SMILES string of the molecule is O=c1[nH]c2cc(NS(=O)(=O)CCc3ccccc3F)ccc2o1. The number of nitrogens with one attached hydrogen (secondary N) is 2. The molecule has 2 aromatic carbocycles. The molecule has 120 valence electrons. The minimum atomic E-state index is -3.65. The molecule has 0 radical (unpaired) electrons. The van der Waals surface area contributed by atoms with Crippen LogP contribution in [0.3, 0.4) is 0 Å². The van der Waals surface area contributed by atoms with Crippen molar-refractivity contribution in [2.45, 2.75) is 6.42 Å². The summed E-state index contributed by atoms with van der Waals surface area (Å²) in [5, 5.41) is 0. The van der Waals surface area contributed by atoms with E-state index in [-0.39, 0.29) is 12.2 Å². The molecule has 0 bridgehead atoms. The Hall–Kier alpha value is -2.61. The number of aryl methyl sites for hydroxylation is 1. The molecule has 3 aromatic rings. The van der Waals surface area contributed by atoms with Gasteiger partial charge in [-0.1, -0.05) is 18.2 Å². The van der Waals surface area contributed by atoms with Gasteiger partial charge in [0.1, 0.15) is 5.82 Å². The molecule has 1 heterocycles. The zero-order valence-electron chi connectivity index (χ0n) is 11.9. The number of oxazole rings is 1. The predicted octanol–water partition coefficient (Wildman–Crippen LogP) is 2.24. The van der Waals surface area contributed by atoms with E-state index in [1.54, 1.807) is 18.2 Å². The molecular formula is C15H13FN2O4S. The zero-order chi connectivity index (χ0) is 16.4. The van der Waals surface area contributed by atoms with E-state index in [2.05, 4.69) is 9.71 Å². The Balaban J connectivity index is 1.74. The fraction of sp³-hybridized carbons (Fsp3) is 0.133. The fourth-order valence-electron chi connectivity index (χ4n) is 2.19. The van der Waals surface area contributed by atoms with Gasteiger partial charge in [0.05, 0.1) is 17.0 Å². The second-order valence-electron chi connectivity index (χ2n) is 4.99. The third-order valence-electron chi connectivity index (χ3n) is 3.29. The molecule has 6 nitrogen and oxygen atoms in total. The van der Waals surface area contributed by atoms with Crippen LogP contribution in [0, 0.1) is 5.82 Å². The van der Waals surface area contributed by atoms with Crippen LogP contribution in [0.1, 0.15) is 5.56 Å². The second kappa shape index (κ2) is 5.88. The van der Waals surface area contributed by atoms with Crippen LogP contribution >= 0.6 is 0 Å². The van der Waals surface area contributed by atoms with Crippen molar-refractivity contribution in [3.8, 4) is 0 Å². The summed E-state index contributed by atoms with van der Waals surface area (Å²) in [5.41, 5.74) is 1.36. The molecule has 8 heteroatoms. The minimum Gasteiger partial charge on any atom is -0.408 e. The predicted molar refractivity (Wildman–Crippen MR) is 84.3 cm³/mol. The van der Waals surface area contributed by atoms with E-state index in [0.717, 1.165) is 0 Å². The van der Waals surface area contributed by atoms with Crippen molar-refractivity contribution in [1.29, 1.82) is 0 Å². The molecule has 2 N–H and O–H groups in total. The van der Waals surface area contributed by atoms with E-state index in [4.69, 9.17) is 4.42 Å². The molecule has 3 rings (SSSR count). The average Bonchev–Trinajstić information content (AvgIpc) is 2.85. The topological polar surface area (TPSA) is 92.2 Å². The van der Waals surface area contributed by atoms with Crippen LogP contribution in [-0.4, -0.2) is 19.2 Å². The normalized spacial score (nSPS) is 11.7. The summed E-state index contributed by atoms with van der Waals surface area (Å²) in [6.45, 7) is 0. The van der Waals surface area contributed by atoms with Crippen molar-refractivity contribution in [2.75, 3.05) is 10.5 Å². The van der Waals surface area contributed by atoms with E-state index < -0.39 is 21.6 Å². The highest BCUT2D eigenvalue weighted by molar-refractivity contribution is 7.92. The lowest BCUT2D eigenvalue weighted by atomic mass is 10.2. The highest BCUT2D eigenvalue weighted by Crippen LogP contribution is 2.18. The van der Waals surface area contributed by atoms with Crippen molar-refractivity contribution in [3.05, 3.63) is 64.4 Å². The molecule has 0 aliphatic rings. The molecule has 0 aliphatic carbocycles. The van der Waals surface area contributed by atoms with Gasteiger partial charge in [-0.3, -0.25) is 9.71 Å². The summed E-state index contributed by atoms with van der Waals surface area (Å²) in [6.07, 6.45) is 0.0623. The molecular weight excluding hydrogens is 323 g/mol. The largest absolute Gasteiger partial charge is 0.417 e. The van der Waals surface area contributed by atoms with E-state index in [1.165, 1.54) is 24.3 Å². The summed E-state index contributed by atoms with van der Waals surface area (Å²) in [7, 11) is -3.65. The number of sulfonamides is 1. The highest BCUT2D eigenvalue weighted by Gasteiger charge is 2.13. The van der Waals surface area contributed by atoms with Crippen molar-refractivity contribution in [2.24, 2.45) is 0 Å². The van der Waals surface area contributed by atoms with Gasteiger partial charge in [0, 0.05) is 0 Å². The molecule has 0 unspecified atom stereocenters. The van der Waals surface area contributed by atoms with Crippen LogP contribution in [0.2, 0.25) is 0 Å². The molecule has 0 saturated heterocycles. The van der Waals surface area contributed by atoms with Crippen LogP contribution < -0.4 is 10.5 Å². The number of fused-ring (bicyclic) bond motifs is 1. The minimum absolute atomic E-state index is 0.0623. The lowest BCUT2D eigenvalue weighted by molar-refractivity contribution is 0.555. The number of benzene rings is 2. The Morgan fingerprint density at radius 1 is 1.17 bits per heavy atom. The number of hydrogen-bond acceptors (Lipinski definition) is 4. The lowest BCUT2D eigenvalue weighted by Gasteiger charge is -2.08. The summed E-state index contributed by atoms with van der Waals surface area (Å²) >= 11 is 0. The summed E-state index contributed by atoms with van der Waals surface area (Å²) in [6, 6.07) is 10.5. The second-order valence-corrected chi connectivity index (χ2v) is 6.83. The number of aromatic nitrogens is 1. The van der Waals surface area contributed by atoms with Crippen molar-refractivity contribution in [3.63, 3.8) is 0 Å². The Labute approximate surface area is 131 Å². The fourth-order valence-corrected chi connectivity index (χ4v) is 3.27. The zero-order valence-corrected chi connectivity index (χ0v) is 12.7. The van der Waals surface area contributed by atoms with Crippen LogP contribution in [0.15, 0.2) is 51.7 Å². The Bertz CT molecular complexity index is 1010. The highest BCUT2D eigenvalue weighted by atomic mass is 32.2. The summed E-state index contributed by atoms with van der Waals surface area (Å²) in [5.74, 6) is -1.30. The quantitative estimate of drug-likeness (QED) is 0.747. The number of H-pyrrole nitrogens is 1.